The van der Waals surface area contributed by atoms with Crippen LogP contribution in [0.3, 0.4) is 0 Å². The molecule has 0 bridgehead atoms. The number of hydrogen-bond donors (Lipinski definition) is 3. The van der Waals surface area contributed by atoms with Gasteiger partial charge in [0.2, 0.25) is 11.8 Å². The van der Waals surface area contributed by atoms with Crippen LogP contribution in [-0.2, 0) is 22.4 Å². The summed E-state index contributed by atoms with van der Waals surface area (Å²) in [6.07, 6.45) is 3.31. The highest BCUT2D eigenvalue weighted by Gasteiger charge is 2.16. The molecule has 3 N–H and O–H groups in total. The Labute approximate surface area is 152 Å². The van der Waals surface area contributed by atoms with Gasteiger partial charge in [0.05, 0.1) is 5.69 Å². The standard InChI is InChI=1S/C20H22FN3O2/c1-12(22-17-8-9-18(21)19(11-17)23-13(2)25)20(26)24-16-7-6-14-4-3-5-15(14)10-16/h6-12,22H,3-5H2,1-2H3,(H,23,25)(H,24,26). The molecule has 2 aromatic rings. The van der Waals surface area contributed by atoms with Gasteiger partial charge in [-0.15, -0.1) is 0 Å². The number of benzene rings is 2. The molecule has 5 nitrogen and oxygen atoms in total. The Kier molecular flexibility index (Phi) is 5.21. The topological polar surface area (TPSA) is 70.2 Å². The fourth-order valence-corrected chi connectivity index (χ4v) is 3.12. The summed E-state index contributed by atoms with van der Waals surface area (Å²) >= 11 is 0. The van der Waals surface area contributed by atoms with Gasteiger partial charge in [-0.1, -0.05) is 6.07 Å². The molecule has 0 aromatic heterocycles. The second-order valence-electron chi connectivity index (χ2n) is 6.57. The minimum Gasteiger partial charge on any atom is -0.374 e. The third kappa shape index (κ3) is 4.20. The summed E-state index contributed by atoms with van der Waals surface area (Å²) in [6.45, 7) is 3.04. The first kappa shape index (κ1) is 17.9. The van der Waals surface area contributed by atoms with E-state index in [0.29, 0.717) is 5.69 Å². The molecule has 6 heteroatoms. The van der Waals surface area contributed by atoms with Gasteiger partial charge in [-0.2, -0.15) is 0 Å². The van der Waals surface area contributed by atoms with Crippen molar-refractivity contribution >= 4 is 28.9 Å². The normalized spacial score (nSPS) is 13.7. The lowest BCUT2D eigenvalue weighted by atomic mass is 10.1. The predicted octanol–water partition coefficient (Wildman–Crippen LogP) is 3.71. The number of hydrogen-bond acceptors (Lipinski definition) is 3. The van der Waals surface area contributed by atoms with E-state index in [0.717, 1.165) is 24.9 Å². The molecule has 1 aliphatic carbocycles. The van der Waals surface area contributed by atoms with E-state index in [1.54, 1.807) is 6.92 Å². The van der Waals surface area contributed by atoms with Crippen molar-refractivity contribution in [1.29, 1.82) is 0 Å². The molecule has 0 saturated carbocycles. The van der Waals surface area contributed by atoms with E-state index in [1.165, 1.54) is 36.2 Å². The van der Waals surface area contributed by atoms with Crippen LogP contribution in [0.5, 0.6) is 0 Å². The van der Waals surface area contributed by atoms with Crippen molar-refractivity contribution in [2.45, 2.75) is 39.2 Å². The highest BCUT2D eigenvalue weighted by Crippen LogP contribution is 2.25. The monoisotopic (exact) mass is 355 g/mol. The molecular formula is C20H22FN3O2. The van der Waals surface area contributed by atoms with Gasteiger partial charge >= 0.3 is 0 Å². The first-order valence-corrected chi connectivity index (χ1v) is 8.69. The molecule has 3 rings (SSSR count). The maximum absolute atomic E-state index is 13.7. The van der Waals surface area contributed by atoms with Crippen molar-refractivity contribution in [3.05, 3.63) is 53.3 Å². The molecule has 2 amide bonds. The van der Waals surface area contributed by atoms with Gasteiger partial charge in [-0.3, -0.25) is 9.59 Å². The van der Waals surface area contributed by atoms with Crippen molar-refractivity contribution in [1.82, 2.24) is 0 Å². The SMILES string of the molecule is CC(=O)Nc1cc(NC(C)C(=O)Nc2ccc3c(c2)CCC3)ccc1F. The number of rotatable bonds is 5. The number of nitrogens with one attached hydrogen (secondary N) is 3. The summed E-state index contributed by atoms with van der Waals surface area (Å²) < 4.78 is 13.7. The lowest BCUT2D eigenvalue weighted by molar-refractivity contribution is -0.116. The van der Waals surface area contributed by atoms with Crippen LogP contribution >= 0.6 is 0 Å². The lowest BCUT2D eigenvalue weighted by Gasteiger charge is -2.17. The molecule has 1 aliphatic rings. The number of carbonyl (C=O) groups excluding carboxylic acids is 2. The van der Waals surface area contributed by atoms with Gasteiger partial charge in [-0.05, 0) is 67.6 Å². The molecule has 0 aliphatic heterocycles. The highest BCUT2D eigenvalue weighted by molar-refractivity contribution is 5.96. The first-order chi connectivity index (χ1) is 12.4. The van der Waals surface area contributed by atoms with E-state index >= 15 is 0 Å². The van der Waals surface area contributed by atoms with Crippen LogP contribution in [-0.4, -0.2) is 17.9 Å². The molecule has 0 heterocycles. The number of aryl methyl sites for hydroxylation is 2. The second kappa shape index (κ2) is 7.56. The third-order valence-corrected chi connectivity index (χ3v) is 4.42. The Morgan fingerprint density at radius 3 is 2.50 bits per heavy atom. The largest absolute Gasteiger partial charge is 0.374 e. The maximum Gasteiger partial charge on any atom is 0.246 e. The predicted molar refractivity (Wildman–Crippen MR) is 101 cm³/mol. The minimum atomic E-state index is -0.529. The average Bonchev–Trinajstić information content (AvgIpc) is 3.05. The second-order valence-corrected chi connectivity index (χ2v) is 6.57. The van der Waals surface area contributed by atoms with Crippen LogP contribution in [0.25, 0.3) is 0 Å². The van der Waals surface area contributed by atoms with Gasteiger partial charge < -0.3 is 16.0 Å². The van der Waals surface area contributed by atoms with Crippen LogP contribution in [0.4, 0.5) is 21.5 Å². The average molecular weight is 355 g/mol. The minimum absolute atomic E-state index is 0.0775. The van der Waals surface area contributed by atoms with Crippen molar-refractivity contribution < 1.29 is 14.0 Å². The van der Waals surface area contributed by atoms with Crippen LogP contribution in [0.1, 0.15) is 31.4 Å². The van der Waals surface area contributed by atoms with Gasteiger partial charge in [0.15, 0.2) is 0 Å². The molecule has 0 spiro atoms. The molecule has 0 radical (unpaired) electrons. The Morgan fingerprint density at radius 2 is 1.73 bits per heavy atom. The molecule has 1 unspecified atom stereocenters. The zero-order chi connectivity index (χ0) is 18.7. The Hall–Kier alpha value is -2.89. The number of halogens is 1. The fraction of sp³-hybridized carbons (Fsp3) is 0.300. The van der Waals surface area contributed by atoms with E-state index < -0.39 is 11.9 Å². The lowest BCUT2D eigenvalue weighted by Crippen LogP contribution is -2.32. The Balaban J connectivity index is 1.65. The zero-order valence-corrected chi connectivity index (χ0v) is 14.9. The fourth-order valence-electron chi connectivity index (χ4n) is 3.12. The zero-order valence-electron chi connectivity index (χ0n) is 14.9. The van der Waals surface area contributed by atoms with Crippen molar-refractivity contribution in [2.75, 3.05) is 16.0 Å². The van der Waals surface area contributed by atoms with Crippen LogP contribution < -0.4 is 16.0 Å². The quantitative estimate of drug-likeness (QED) is 0.766. The Morgan fingerprint density at radius 1 is 1.00 bits per heavy atom. The number of anilines is 3. The van der Waals surface area contributed by atoms with Crippen molar-refractivity contribution in [2.24, 2.45) is 0 Å². The summed E-state index contributed by atoms with van der Waals surface area (Å²) in [5.41, 5.74) is 4.05. The van der Waals surface area contributed by atoms with Crippen LogP contribution in [0.2, 0.25) is 0 Å². The molecule has 0 fully saturated rings. The van der Waals surface area contributed by atoms with Crippen molar-refractivity contribution in [3.63, 3.8) is 0 Å². The van der Waals surface area contributed by atoms with Gasteiger partial charge in [0.25, 0.3) is 0 Å². The summed E-state index contributed by atoms with van der Waals surface area (Å²) in [6, 6.07) is 9.73. The van der Waals surface area contributed by atoms with Gasteiger partial charge in [0.1, 0.15) is 11.9 Å². The van der Waals surface area contributed by atoms with E-state index in [9.17, 15) is 14.0 Å². The summed E-state index contributed by atoms with van der Waals surface area (Å²) in [5.74, 6) is -1.07. The van der Waals surface area contributed by atoms with Gasteiger partial charge in [-0.25, -0.2) is 4.39 Å². The smallest absolute Gasteiger partial charge is 0.246 e. The first-order valence-electron chi connectivity index (χ1n) is 8.69. The van der Waals surface area contributed by atoms with E-state index in [-0.39, 0.29) is 17.5 Å². The number of fused-ring (bicyclic) bond motifs is 1. The summed E-state index contributed by atoms with van der Waals surface area (Å²) in [7, 11) is 0. The van der Waals surface area contributed by atoms with Crippen LogP contribution in [0, 0.1) is 5.82 Å². The summed E-state index contributed by atoms with van der Waals surface area (Å²) in [5, 5.41) is 8.35. The van der Waals surface area contributed by atoms with E-state index in [4.69, 9.17) is 0 Å². The number of carbonyl (C=O) groups is 2. The number of amides is 2. The van der Waals surface area contributed by atoms with E-state index in [2.05, 4.69) is 22.0 Å². The highest BCUT2D eigenvalue weighted by atomic mass is 19.1. The maximum atomic E-state index is 13.7. The summed E-state index contributed by atoms with van der Waals surface area (Å²) in [4.78, 5) is 23.6. The molecule has 2 aromatic carbocycles. The molecular weight excluding hydrogens is 333 g/mol. The molecule has 26 heavy (non-hydrogen) atoms. The molecule has 0 saturated heterocycles. The third-order valence-electron chi connectivity index (χ3n) is 4.42. The van der Waals surface area contributed by atoms with Crippen molar-refractivity contribution in [3.8, 4) is 0 Å². The van der Waals surface area contributed by atoms with Crippen LogP contribution in [0.15, 0.2) is 36.4 Å². The molecule has 1 atom stereocenters. The van der Waals surface area contributed by atoms with Gasteiger partial charge in [0, 0.05) is 18.3 Å². The Bertz CT molecular complexity index is 851. The van der Waals surface area contributed by atoms with E-state index in [1.807, 2.05) is 12.1 Å². The molecule has 136 valence electrons.